The Hall–Kier alpha value is -7.26. The van der Waals surface area contributed by atoms with Gasteiger partial charge >= 0.3 is 12.1 Å². The number of nitrogens with zero attached hydrogens (tertiary/aromatic N) is 2. The fourth-order valence-corrected chi connectivity index (χ4v) is 7.21. The summed E-state index contributed by atoms with van der Waals surface area (Å²) in [4.78, 5) is 30.2. The zero-order chi connectivity index (χ0) is 37.5. The number of H-pyrrole nitrogens is 2. The van der Waals surface area contributed by atoms with Crippen LogP contribution in [0.4, 0.5) is 18.9 Å². The number of nitrogens with one attached hydrogen (secondary N) is 3. The van der Waals surface area contributed by atoms with Crippen LogP contribution in [-0.4, -0.2) is 32.0 Å². The molecule has 2 aliphatic heterocycles. The Morgan fingerprint density at radius 2 is 0.836 bits per heavy atom. The van der Waals surface area contributed by atoms with E-state index >= 15 is 0 Å². The molecule has 3 N–H and O–H groups in total. The lowest BCUT2D eigenvalue weighted by atomic mass is 10.0. The highest BCUT2D eigenvalue weighted by molar-refractivity contribution is 6.07. The maximum absolute atomic E-state index is 13.9. The fraction of sp³-hybridized carbons (Fsp3) is 0.0217. The molecular weight excluding hydrogens is 696 g/mol. The van der Waals surface area contributed by atoms with Crippen molar-refractivity contribution in [1.29, 1.82) is 0 Å². The average molecular weight is 726 g/mol. The molecule has 0 atom stereocenters. The quantitative estimate of drug-likeness (QED) is 0.165. The van der Waals surface area contributed by atoms with Gasteiger partial charge in [0.1, 0.15) is 0 Å². The molecule has 0 saturated carbocycles. The van der Waals surface area contributed by atoms with Crippen molar-refractivity contribution in [2.75, 3.05) is 5.32 Å². The van der Waals surface area contributed by atoms with Crippen molar-refractivity contribution in [2.24, 2.45) is 0 Å². The molecule has 8 bridgehead atoms. The highest BCUT2D eigenvalue weighted by Crippen LogP contribution is 2.40. The Bertz CT molecular complexity index is 2820. The van der Waals surface area contributed by atoms with Gasteiger partial charge in [-0.25, -0.2) is 9.97 Å². The van der Waals surface area contributed by atoms with Gasteiger partial charge in [-0.1, -0.05) is 121 Å². The van der Waals surface area contributed by atoms with Gasteiger partial charge in [0.15, 0.2) is 0 Å². The Morgan fingerprint density at radius 3 is 1.24 bits per heavy atom. The van der Waals surface area contributed by atoms with Gasteiger partial charge in [0, 0.05) is 33.3 Å². The number of halogens is 3. The first kappa shape index (κ1) is 33.6. The van der Waals surface area contributed by atoms with E-state index in [9.17, 15) is 18.0 Å². The topological polar surface area (TPSA) is 86.5 Å². The van der Waals surface area contributed by atoms with Crippen LogP contribution in [-0.2, 0) is 4.79 Å². The molecule has 3 aromatic heterocycles. The van der Waals surface area contributed by atoms with Crippen LogP contribution in [0.15, 0.2) is 140 Å². The summed E-state index contributed by atoms with van der Waals surface area (Å²) in [6.07, 6.45) is 2.49. The van der Waals surface area contributed by atoms with Crippen molar-refractivity contribution < 1.29 is 18.0 Å². The lowest BCUT2D eigenvalue weighted by Crippen LogP contribution is -2.29. The minimum absolute atomic E-state index is 0.0531. The molecule has 0 spiro atoms. The Morgan fingerprint density at radius 1 is 0.473 bits per heavy atom. The smallest absolute Gasteiger partial charge is 0.354 e. The van der Waals surface area contributed by atoms with Gasteiger partial charge < -0.3 is 15.3 Å². The molecule has 7 aromatic rings. The number of alkyl halides is 3. The first-order valence-electron chi connectivity index (χ1n) is 17.6. The first-order valence-corrected chi connectivity index (χ1v) is 17.6. The zero-order valence-electron chi connectivity index (χ0n) is 29.0. The van der Waals surface area contributed by atoms with E-state index in [1.165, 1.54) is 0 Å². The predicted molar refractivity (Wildman–Crippen MR) is 215 cm³/mol. The fourth-order valence-electron chi connectivity index (χ4n) is 7.21. The molecule has 266 valence electrons. The van der Waals surface area contributed by atoms with Crippen molar-refractivity contribution in [3.05, 3.63) is 162 Å². The van der Waals surface area contributed by atoms with Gasteiger partial charge in [0.05, 0.1) is 39.5 Å². The second-order valence-corrected chi connectivity index (χ2v) is 13.1. The molecule has 2 aliphatic rings. The van der Waals surface area contributed by atoms with Crippen molar-refractivity contribution in [3.8, 4) is 44.5 Å². The van der Waals surface area contributed by atoms with E-state index in [4.69, 9.17) is 9.97 Å². The van der Waals surface area contributed by atoms with E-state index in [0.717, 1.165) is 38.9 Å². The van der Waals surface area contributed by atoms with Crippen LogP contribution in [0.1, 0.15) is 22.8 Å². The van der Waals surface area contributed by atoms with Crippen LogP contribution >= 0.6 is 0 Å². The third-order valence-corrected chi connectivity index (χ3v) is 9.62. The number of carbonyl (C=O) groups is 1. The minimum Gasteiger partial charge on any atom is -0.354 e. The second-order valence-electron chi connectivity index (χ2n) is 13.1. The van der Waals surface area contributed by atoms with Crippen LogP contribution in [0.3, 0.4) is 0 Å². The lowest BCUT2D eigenvalue weighted by molar-refractivity contribution is -0.167. The maximum Gasteiger partial charge on any atom is 0.471 e. The van der Waals surface area contributed by atoms with Gasteiger partial charge in [-0.05, 0) is 64.8 Å². The van der Waals surface area contributed by atoms with Gasteiger partial charge in [-0.3, -0.25) is 4.79 Å². The molecule has 6 nitrogen and oxygen atoms in total. The lowest BCUT2D eigenvalue weighted by Gasteiger charge is -2.09. The number of hydrogen-bond donors (Lipinski definition) is 3. The van der Waals surface area contributed by atoms with Crippen LogP contribution in [0.2, 0.25) is 0 Å². The molecule has 0 fully saturated rings. The van der Waals surface area contributed by atoms with Gasteiger partial charge in [0.25, 0.3) is 0 Å². The zero-order valence-corrected chi connectivity index (χ0v) is 29.0. The predicted octanol–water partition coefficient (Wildman–Crippen LogP) is 11.8. The van der Waals surface area contributed by atoms with E-state index in [0.29, 0.717) is 45.0 Å². The highest BCUT2D eigenvalue weighted by atomic mass is 19.4. The normalized spacial score (nSPS) is 12.2. The molecule has 0 saturated heterocycles. The number of rotatable bonds is 5. The molecule has 9 rings (SSSR count). The molecular formula is C46H30F3N5O. The van der Waals surface area contributed by atoms with Crippen LogP contribution in [0, 0.1) is 0 Å². The Balaban J connectivity index is 1.51. The largest absolute Gasteiger partial charge is 0.471 e. The monoisotopic (exact) mass is 725 g/mol. The molecule has 4 aromatic carbocycles. The summed E-state index contributed by atoms with van der Waals surface area (Å²) in [5.74, 6) is -2.09. The summed E-state index contributed by atoms with van der Waals surface area (Å²) in [6, 6.07) is 44.3. The van der Waals surface area contributed by atoms with Crippen molar-refractivity contribution in [1.82, 2.24) is 19.9 Å². The molecule has 1 amide bonds. The van der Waals surface area contributed by atoms with Crippen molar-refractivity contribution in [2.45, 2.75) is 6.18 Å². The number of aromatic nitrogens is 4. The van der Waals surface area contributed by atoms with Crippen molar-refractivity contribution in [3.63, 3.8) is 0 Å². The number of fused-ring (bicyclic) bond motifs is 8. The molecule has 5 heterocycles. The average Bonchev–Trinajstić information content (AvgIpc) is 4.04. The third-order valence-electron chi connectivity index (χ3n) is 9.62. The summed E-state index contributed by atoms with van der Waals surface area (Å²) in [5.41, 5.74) is 10.9. The Labute approximate surface area is 313 Å². The summed E-state index contributed by atoms with van der Waals surface area (Å²) in [7, 11) is 0. The molecule has 0 aliphatic carbocycles. The molecule has 9 heteroatoms. The standard InChI is InChI=1S/C46H30F3N5O/c47-46(48,49)45(55)54-39-27-38-42(30-17-9-3-10-18-30)36-24-23-34(51-36)40(28-13-5-1-6-14-28)32-21-22-33(50-32)41(29-15-7-2-8-16-29)35-25-26-37(52-35)43(44(39)53-38)31-19-11-4-12-20-31/h1-27,50,53H,(H,54,55). The summed E-state index contributed by atoms with van der Waals surface area (Å²) < 4.78 is 41.8. The SMILES string of the molecule is O=C(Nc1cc2[nH]c1c(-c1ccccc1)c1nc(c(-c3ccccc3)c3ccc([nH]3)c(-c3ccccc3)c3nc(c2-c2ccccc2)C=C3)C=C1)C(F)(F)F. The summed E-state index contributed by atoms with van der Waals surface area (Å²) >= 11 is 0. The number of benzene rings is 4. The minimum atomic E-state index is -5.13. The number of aromatic amines is 2. The molecule has 0 radical (unpaired) electrons. The van der Waals surface area contributed by atoms with E-state index in [1.807, 2.05) is 158 Å². The van der Waals surface area contributed by atoms with Gasteiger partial charge in [-0.15, -0.1) is 0 Å². The van der Waals surface area contributed by atoms with Crippen LogP contribution < -0.4 is 5.32 Å². The van der Waals surface area contributed by atoms with Crippen LogP contribution in [0.25, 0.3) is 90.9 Å². The van der Waals surface area contributed by atoms with Gasteiger partial charge in [0.2, 0.25) is 0 Å². The third kappa shape index (κ3) is 6.31. The highest BCUT2D eigenvalue weighted by Gasteiger charge is 2.39. The number of carbonyl (C=O) groups excluding carboxylic acids is 1. The molecule has 55 heavy (non-hydrogen) atoms. The van der Waals surface area contributed by atoms with Crippen LogP contribution in [0.5, 0.6) is 0 Å². The maximum atomic E-state index is 13.9. The summed E-state index contributed by atoms with van der Waals surface area (Å²) in [6.45, 7) is 0. The first-order chi connectivity index (χ1) is 26.8. The van der Waals surface area contributed by atoms with Crippen molar-refractivity contribution >= 4 is 58.0 Å². The van der Waals surface area contributed by atoms with E-state index in [-0.39, 0.29) is 11.2 Å². The second kappa shape index (κ2) is 13.6. The van der Waals surface area contributed by atoms with Gasteiger partial charge in [-0.2, -0.15) is 13.2 Å². The van der Waals surface area contributed by atoms with E-state index in [2.05, 4.69) is 15.3 Å². The number of anilines is 1. The van der Waals surface area contributed by atoms with E-state index < -0.39 is 12.1 Å². The molecule has 0 unspecified atom stereocenters. The Kier molecular flexibility index (Phi) is 8.31. The number of hydrogen-bond acceptors (Lipinski definition) is 3. The summed E-state index contributed by atoms with van der Waals surface area (Å²) in [5, 5.41) is 2.18. The number of amides is 1. The van der Waals surface area contributed by atoms with E-state index in [1.54, 1.807) is 6.07 Å².